The van der Waals surface area contributed by atoms with Gasteiger partial charge < -0.3 is 10.1 Å². The van der Waals surface area contributed by atoms with Crippen molar-refractivity contribution in [2.24, 2.45) is 0 Å². The Hall–Kier alpha value is -2.85. The van der Waals surface area contributed by atoms with Gasteiger partial charge in [-0.05, 0) is 66.1 Å². The molecule has 0 bridgehead atoms. The van der Waals surface area contributed by atoms with Crippen molar-refractivity contribution in [2.75, 3.05) is 18.1 Å². The summed E-state index contributed by atoms with van der Waals surface area (Å²) >= 11 is 0. The molecule has 1 aliphatic heterocycles. The molecule has 1 saturated heterocycles. The predicted molar refractivity (Wildman–Crippen MR) is 126 cm³/mol. The summed E-state index contributed by atoms with van der Waals surface area (Å²) in [5.74, 6) is 0.561. The second-order valence-corrected chi connectivity index (χ2v) is 8.87. The number of ether oxygens (including phenoxy) is 1. The van der Waals surface area contributed by atoms with Gasteiger partial charge in [0.2, 0.25) is 0 Å². The van der Waals surface area contributed by atoms with E-state index in [2.05, 4.69) is 79.0 Å². The lowest BCUT2D eigenvalue weighted by molar-refractivity contribution is 0.181. The second kappa shape index (κ2) is 8.72. The number of carbonyl (C=O) groups is 1. The van der Waals surface area contributed by atoms with Gasteiger partial charge in [-0.3, -0.25) is 4.90 Å². The van der Waals surface area contributed by atoms with E-state index in [0.29, 0.717) is 31.2 Å². The highest BCUT2D eigenvalue weighted by Crippen LogP contribution is 2.35. The van der Waals surface area contributed by atoms with Gasteiger partial charge in [-0.2, -0.15) is 0 Å². The third-order valence-electron chi connectivity index (χ3n) is 6.89. The number of anilines is 1. The van der Waals surface area contributed by atoms with Gasteiger partial charge in [0, 0.05) is 17.8 Å². The molecule has 1 heterocycles. The Morgan fingerprint density at radius 2 is 1.81 bits per heavy atom. The number of amides is 1. The Bertz CT molecular complexity index is 1060. The zero-order valence-electron chi connectivity index (χ0n) is 18.1. The van der Waals surface area contributed by atoms with Crippen molar-refractivity contribution in [2.45, 2.75) is 50.6 Å². The van der Waals surface area contributed by atoms with Gasteiger partial charge >= 0.3 is 6.09 Å². The number of carbonyl (C=O) groups excluding carboxylic acids is 1. The molecule has 1 N–H and O–H groups in total. The largest absolute Gasteiger partial charge is 0.447 e. The molecule has 1 saturated carbocycles. The predicted octanol–water partition coefficient (Wildman–Crippen LogP) is 6.17. The molecule has 2 fully saturated rings. The van der Waals surface area contributed by atoms with Crippen LogP contribution in [0.4, 0.5) is 10.5 Å². The molecule has 31 heavy (non-hydrogen) atoms. The molecule has 3 atom stereocenters. The lowest BCUT2D eigenvalue weighted by Gasteiger charge is -2.33. The van der Waals surface area contributed by atoms with E-state index in [-0.39, 0.29) is 6.09 Å². The lowest BCUT2D eigenvalue weighted by atomic mass is 9.81. The minimum Gasteiger partial charge on any atom is -0.447 e. The lowest BCUT2D eigenvalue weighted by Crippen LogP contribution is -2.35. The number of benzene rings is 3. The molecule has 0 spiro atoms. The molecule has 4 heteroatoms. The van der Waals surface area contributed by atoms with Gasteiger partial charge in [0.1, 0.15) is 6.61 Å². The van der Waals surface area contributed by atoms with Crippen LogP contribution in [0.5, 0.6) is 0 Å². The van der Waals surface area contributed by atoms with Crippen LogP contribution in [0.25, 0.3) is 10.8 Å². The van der Waals surface area contributed by atoms with E-state index in [0.717, 1.165) is 12.1 Å². The van der Waals surface area contributed by atoms with Crippen molar-refractivity contribution in [3.63, 3.8) is 0 Å². The number of nitrogens with zero attached hydrogens (tertiary/aromatic N) is 1. The Morgan fingerprint density at radius 1 is 1.00 bits per heavy atom. The van der Waals surface area contributed by atoms with Gasteiger partial charge in [-0.1, -0.05) is 61.0 Å². The van der Waals surface area contributed by atoms with Crippen LogP contribution in [0.3, 0.4) is 0 Å². The molecule has 5 rings (SSSR count). The van der Waals surface area contributed by atoms with E-state index < -0.39 is 0 Å². The number of cyclic esters (lactones) is 1. The number of nitrogens with one attached hydrogen (secondary N) is 1. The fraction of sp³-hybridized carbons (Fsp3) is 0.370. The monoisotopic (exact) mass is 414 g/mol. The fourth-order valence-electron chi connectivity index (χ4n) is 5.27. The third-order valence-corrected chi connectivity index (χ3v) is 6.89. The molecule has 0 radical (unpaired) electrons. The maximum Gasteiger partial charge on any atom is 0.414 e. The first-order valence-electron chi connectivity index (χ1n) is 11.5. The normalized spacial score (nSPS) is 22.5. The highest BCUT2D eigenvalue weighted by molar-refractivity contribution is 5.89. The summed E-state index contributed by atoms with van der Waals surface area (Å²) in [5.41, 5.74) is 3.68. The maximum atomic E-state index is 11.8. The highest BCUT2D eigenvalue weighted by Gasteiger charge is 2.26. The van der Waals surface area contributed by atoms with E-state index in [4.69, 9.17) is 4.74 Å². The zero-order chi connectivity index (χ0) is 21.2. The summed E-state index contributed by atoms with van der Waals surface area (Å²) in [6, 6.07) is 24.6. The molecular formula is C27H30N2O2. The van der Waals surface area contributed by atoms with Crippen molar-refractivity contribution in [3.05, 3.63) is 77.9 Å². The molecular weight excluding hydrogens is 384 g/mol. The number of fused-ring (bicyclic) bond motifs is 1. The second-order valence-electron chi connectivity index (χ2n) is 8.87. The van der Waals surface area contributed by atoms with Crippen molar-refractivity contribution in [1.29, 1.82) is 0 Å². The average molecular weight is 415 g/mol. The molecule has 3 aromatic rings. The van der Waals surface area contributed by atoms with Crippen LogP contribution in [0.15, 0.2) is 66.7 Å². The average Bonchev–Trinajstić information content (AvgIpc) is 3.25. The minimum absolute atomic E-state index is 0.239. The van der Waals surface area contributed by atoms with E-state index in [1.165, 1.54) is 41.2 Å². The smallest absolute Gasteiger partial charge is 0.414 e. The van der Waals surface area contributed by atoms with Crippen molar-refractivity contribution < 1.29 is 9.53 Å². The maximum absolute atomic E-state index is 11.8. The number of hydrogen-bond donors (Lipinski definition) is 1. The summed E-state index contributed by atoms with van der Waals surface area (Å²) < 4.78 is 5.06. The molecule has 1 amide bonds. The molecule has 2 aliphatic rings. The van der Waals surface area contributed by atoms with Gasteiger partial charge in [-0.25, -0.2) is 4.79 Å². The Kier molecular flexibility index (Phi) is 5.65. The first-order chi connectivity index (χ1) is 15.2. The summed E-state index contributed by atoms with van der Waals surface area (Å²) in [6.07, 6.45) is 4.61. The first kappa shape index (κ1) is 20.1. The Morgan fingerprint density at radius 3 is 2.61 bits per heavy atom. The van der Waals surface area contributed by atoms with Crippen LogP contribution >= 0.6 is 0 Å². The SMILES string of the molecule is C[C@@H](N[C@H]1CCC[C@H](c2ccc(N3CCOC3=O)cc2)C1)c1cccc2ccccc12. The van der Waals surface area contributed by atoms with Crippen LogP contribution in [-0.2, 0) is 4.74 Å². The minimum atomic E-state index is -0.239. The summed E-state index contributed by atoms with van der Waals surface area (Å²) in [5, 5.41) is 6.56. The standard InChI is InChI=1S/C27H30N2O2/c1-19(25-11-5-7-21-6-2-3-10-26(21)25)28-23-9-4-8-22(18-23)20-12-14-24(15-13-20)29-16-17-31-27(29)30/h2-3,5-7,10-15,19,22-23,28H,4,8-9,16-18H2,1H3/t19-,22+,23+/m1/s1. The van der Waals surface area contributed by atoms with Gasteiger partial charge in [0.25, 0.3) is 0 Å². The van der Waals surface area contributed by atoms with Crippen LogP contribution in [0.1, 0.15) is 55.7 Å². The first-order valence-corrected chi connectivity index (χ1v) is 11.5. The molecule has 0 aromatic heterocycles. The van der Waals surface area contributed by atoms with Crippen LogP contribution in [0, 0.1) is 0 Å². The van der Waals surface area contributed by atoms with Gasteiger partial charge in [-0.15, -0.1) is 0 Å². The molecule has 1 aliphatic carbocycles. The molecule has 3 aromatic carbocycles. The fourth-order valence-corrected chi connectivity index (χ4v) is 5.27. The Balaban J connectivity index is 1.26. The van der Waals surface area contributed by atoms with E-state index in [9.17, 15) is 4.79 Å². The van der Waals surface area contributed by atoms with Crippen LogP contribution in [-0.4, -0.2) is 25.3 Å². The van der Waals surface area contributed by atoms with Gasteiger partial charge in [0.05, 0.1) is 6.54 Å². The quantitative estimate of drug-likeness (QED) is 0.542. The molecule has 0 unspecified atom stereocenters. The van der Waals surface area contributed by atoms with Crippen molar-refractivity contribution >= 4 is 22.6 Å². The van der Waals surface area contributed by atoms with Crippen LogP contribution in [0.2, 0.25) is 0 Å². The molecule has 4 nitrogen and oxygen atoms in total. The Labute approximate surface area is 184 Å². The summed E-state index contributed by atoms with van der Waals surface area (Å²) in [6.45, 7) is 3.40. The third kappa shape index (κ3) is 4.17. The summed E-state index contributed by atoms with van der Waals surface area (Å²) in [7, 11) is 0. The van der Waals surface area contributed by atoms with E-state index in [1.54, 1.807) is 4.90 Å². The summed E-state index contributed by atoms with van der Waals surface area (Å²) in [4.78, 5) is 13.5. The zero-order valence-corrected chi connectivity index (χ0v) is 18.1. The topological polar surface area (TPSA) is 41.6 Å². The van der Waals surface area contributed by atoms with Crippen LogP contribution < -0.4 is 10.2 Å². The van der Waals surface area contributed by atoms with E-state index >= 15 is 0 Å². The number of rotatable bonds is 5. The van der Waals surface area contributed by atoms with Crippen molar-refractivity contribution in [3.8, 4) is 0 Å². The molecule has 160 valence electrons. The van der Waals surface area contributed by atoms with Crippen molar-refractivity contribution in [1.82, 2.24) is 5.32 Å². The number of hydrogen-bond acceptors (Lipinski definition) is 3. The van der Waals surface area contributed by atoms with E-state index in [1.807, 2.05) is 0 Å². The van der Waals surface area contributed by atoms with Gasteiger partial charge in [0.15, 0.2) is 0 Å². The highest BCUT2D eigenvalue weighted by atomic mass is 16.6.